The lowest BCUT2D eigenvalue weighted by atomic mass is 10.1. The Bertz CT molecular complexity index is 728. The van der Waals surface area contributed by atoms with E-state index in [9.17, 15) is 4.79 Å². The molecule has 0 spiro atoms. The van der Waals surface area contributed by atoms with Gasteiger partial charge >= 0.3 is 0 Å². The number of hydrogen-bond donors (Lipinski definition) is 0. The van der Waals surface area contributed by atoms with Gasteiger partial charge in [0.05, 0.1) is 11.3 Å². The third-order valence-corrected chi connectivity index (χ3v) is 4.07. The van der Waals surface area contributed by atoms with Crippen molar-refractivity contribution in [2.24, 2.45) is 0 Å². The van der Waals surface area contributed by atoms with Crippen LogP contribution in [-0.2, 0) is 0 Å². The van der Waals surface area contributed by atoms with Gasteiger partial charge in [0.15, 0.2) is 0 Å². The summed E-state index contributed by atoms with van der Waals surface area (Å²) >= 11 is 1.55. The maximum Gasteiger partial charge on any atom is 0.259 e. The van der Waals surface area contributed by atoms with E-state index in [4.69, 9.17) is 0 Å². The number of benzene rings is 2. The molecule has 0 unspecified atom stereocenters. The zero-order valence-corrected chi connectivity index (χ0v) is 12.1. The number of fused-ring (bicyclic) bond motifs is 1. The normalized spacial score (nSPS) is 10.7. The topological polar surface area (TPSA) is 20.3 Å². The van der Waals surface area contributed by atoms with E-state index < -0.39 is 0 Å². The molecule has 1 amide bonds. The van der Waals surface area contributed by atoms with Crippen LogP contribution >= 0.6 is 11.3 Å². The van der Waals surface area contributed by atoms with Crippen molar-refractivity contribution in [1.82, 2.24) is 0 Å². The minimum atomic E-state index is 0.0603. The van der Waals surface area contributed by atoms with Crippen molar-refractivity contribution in [2.75, 3.05) is 11.4 Å². The van der Waals surface area contributed by atoms with Gasteiger partial charge in [0.2, 0.25) is 0 Å². The monoisotopic (exact) mass is 281 g/mol. The molecule has 0 aliphatic heterocycles. The molecule has 0 N–H and O–H groups in total. The van der Waals surface area contributed by atoms with E-state index in [1.165, 1.54) is 0 Å². The second-order valence-corrected chi connectivity index (χ2v) is 5.34. The van der Waals surface area contributed by atoms with E-state index in [0.29, 0.717) is 6.54 Å². The molecule has 0 aliphatic rings. The fraction of sp³-hybridized carbons (Fsp3) is 0.118. The van der Waals surface area contributed by atoms with Crippen LogP contribution in [0, 0.1) is 0 Å². The van der Waals surface area contributed by atoms with Gasteiger partial charge in [-0.25, -0.2) is 0 Å². The quantitative estimate of drug-likeness (QED) is 0.688. The number of nitrogens with zero attached hydrogens (tertiary/aromatic N) is 1. The molecule has 100 valence electrons. The molecule has 0 bridgehead atoms. The summed E-state index contributed by atoms with van der Waals surface area (Å²) in [6.45, 7) is 2.66. The van der Waals surface area contributed by atoms with Crippen molar-refractivity contribution >= 4 is 33.7 Å². The van der Waals surface area contributed by atoms with Gasteiger partial charge in [-0.2, -0.15) is 11.3 Å². The molecule has 2 nitrogen and oxygen atoms in total. The smallest absolute Gasteiger partial charge is 0.259 e. The molecular formula is C17H15NOS. The van der Waals surface area contributed by atoms with E-state index in [0.717, 1.165) is 22.0 Å². The molecule has 1 heterocycles. The summed E-state index contributed by atoms with van der Waals surface area (Å²) in [5.41, 5.74) is 1.73. The van der Waals surface area contributed by atoms with Crippen LogP contribution < -0.4 is 4.90 Å². The molecule has 1 aromatic heterocycles. The van der Waals surface area contributed by atoms with Crippen molar-refractivity contribution in [1.29, 1.82) is 0 Å². The second kappa shape index (κ2) is 5.47. The maximum atomic E-state index is 12.6. The van der Waals surface area contributed by atoms with Gasteiger partial charge in [-0.15, -0.1) is 0 Å². The predicted molar refractivity (Wildman–Crippen MR) is 85.6 cm³/mol. The number of anilines is 1. The van der Waals surface area contributed by atoms with Crippen LogP contribution in [0.5, 0.6) is 0 Å². The summed E-state index contributed by atoms with van der Waals surface area (Å²) < 4.78 is 0. The lowest BCUT2D eigenvalue weighted by Crippen LogP contribution is -2.30. The second-order valence-electron chi connectivity index (χ2n) is 4.56. The van der Waals surface area contributed by atoms with Crippen LogP contribution in [-0.4, -0.2) is 12.5 Å². The molecular weight excluding hydrogens is 266 g/mol. The first-order chi connectivity index (χ1) is 9.81. The molecule has 20 heavy (non-hydrogen) atoms. The van der Waals surface area contributed by atoms with Gasteiger partial charge in [0.25, 0.3) is 5.91 Å². The largest absolute Gasteiger partial charge is 0.308 e. The number of thiophene rings is 1. The molecule has 0 fully saturated rings. The highest BCUT2D eigenvalue weighted by atomic mass is 32.1. The molecule has 0 radical (unpaired) electrons. The first-order valence-corrected chi connectivity index (χ1v) is 7.57. The number of hydrogen-bond acceptors (Lipinski definition) is 2. The van der Waals surface area contributed by atoms with Crippen LogP contribution in [0.1, 0.15) is 17.3 Å². The van der Waals surface area contributed by atoms with Gasteiger partial charge in [-0.3, -0.25) is 4.79 Å². The minimum Gasteiger partial charge on any atom is -0.308 e. The summed E-state index contributed by atoms with van der Waals surface area (Å²) in [6, 6.07) is 16.1. The molecule has 2 aromatic carbocycles. The van der Waals surface area contributed by atoms with E-state index in [1.807, 2.05) is 52.9 Å². The van der Waals surface area contributed by atoms with Gasteiger partial charge in [-0.05, 0) is 29.8 Å². The SMILES string of the molecule is CCN(C(=O)c1ccsc1)c1cccc2ccccc12. The van der Waals surface area contributed by atoms with Gasteiger partial charge < -0.3 is 4.90 Å². The van der Waals surface area contributed by atoms with Crippen molar-refractivity contribution in [3.63, 3.8) is 0 Å². The molecule has 3 heteroatoms. The van der Waals surface area contributed by atoms with Crippen LogP contribution in [0.3, 0.4) is 0 Å². The van der Waals surface area contributed by atoms with Crippen LogP contribution in [0.2, 0.25) is 0 Å². The third-order valence-electron chi connectivity index (χ3n) is 3.39. The Labute approximate surface area is 122 Å². The fourth-order valence-corrected chi connectivity index (χ4v) is 3.04. The number of carbonyl (C=O) groups is 1. The van der Waals surface area contributed by atoms with Crippen molar-refractivity contribution in [3.05, 3.63) is 64.9 Å². The van der Waals surface area contributed by atoms with E-state index in [2.05, 4.69) is 18.2 Å². The number of amides is 1. The Morgan fingerprint density at radius 3 is 2.65 bits per heavy atom. The van der Waals surface area contributed by atoms with Crippen molar-refractivity contribution in [3.8, 4) is 0 Å². The summed E-state index contributed by atoms with van der Waals surface area (Å²) in [4.78, 5) is 14.5. The number of carbonyl (C=O) groups excluding carboxylic acids is 1. The number of rotatable bonds is 3. The van der Waals surface area contributed by atoms with Crippen molar-refractivity contribution in [2.45, 2.75) is 6.92 Å². The highest BCUT2D eigenvalue weighted by molar-refractivity contribution is 7.08. The minimum absolute atomic E-state index is 0.0603. The standard InChI is InChI=1S/C17H15NOS/c1-2-18(17(19)14-10-11-20-12-14)16-9-5-7-13-6-3-4-8-15(13)16/h3-12H,2H2,1H3. The highest BCUT2D eigenvalue weighted by Gasteiger charge is 2.17. The van der Waals surface area contributed by atoms with Crippen LogP contribution in [0.25, 0.3) is 10.8 Å². The first-order valence-electron chi connectivity index (χ1n) is 6.63. The van der Waals surface area contributed by atoms with Crippen molar-refractivity contribution < 1.29 is 4.79 Å². The molecule has 0 atom stereocenters. The van der Waals surface area contributed by atoms with Gasteiger partial charge in [0, 0.05) is 17.3 Å². The molecule has 3 rings (SSSR count). The molecule has 0 saturated carbocycles. The molecule has 3 aromatic rings. The van der Waals surface area contributed by atoms with Crippen LogP contribution in [0.4, 0.5) is 5.69 Å². The Hall–Kier alpha value is -2.13. The first kappa shape index (κ1) is 12.9. The average molecular weight is 281 g/mol. The summed E-state index contributed by atoms with van der Waals surface area (Å²) in [6.07, 6.45) is 0. The summed E-state index contributed by atoms with van der Waals surface area (Å²) in [5, 5.41) is 6.10. The lowest BCUT2D eigenvalue weighted by Gasteiger charge is -2.22. The zero-order valence-electron chi connectivity index (χ0n) is 11.2. The highest BCUT2D eigenvalue weighted by Crippen LogP contribution is 2.28. The predicted octanol–water partition coefficient (Wildman–Crippen LogP) is 4.57. The van der Waals surface area contributed by atoms with E-state index in [-0.39, 0.29) is 5.91 Å². The fourth-order valence-electron chi connectivity index (χ4n) is 2.41. The van der Waals surface area contributed by atoms with Gasteiger partial charge in [-0.1, -0.05) is 36.4 Å². The van der Waals surface area contributed by atoms with Gasteiger partial charge in [0.1, 0.15) is 0 Å². The van der Waals surface area contributed by atoms with E-state index in [1.54, 1.807) is 11.3 Å². The Kier molecular flexibility index (Phi) is 3.52. The average Bonchev–Trinajstić information content (AvgIpc) is 3.02. The lowest BCUT2D eigenvalue weighted by molar-refractivity contribution is 0.0989. The molecule has 0 aliphatic carbocycles. The Morgan fingerprint density at radius 1 is 1.10 bits per heavy atom. The molecule has 0 saturated heterocycles. The van der Waals surface area contributed by atoms with Crippen LogP contribution in [0.15, 0.2) is 59.3 Å². The Balaban J connectivity index is 2.10. The summed E-state index contributed by atoms with van der Waals surface area (Å²) in [5.74, 6) is 0.0603. The Morgan fingerprint density at radius 2 is 1.90 bits per heavy atom. The third kappa shape index (κ3) is 2.21. The van der Waals surface area contributed by atoms with E-state index >= 15 is 0 Å². The maximum absolute atomic E-state index is 12.6. The summed E-state index contributed by atoms with van der Waals surface area (Å²) in [7, 11) is 0. The zero-order chi connectivity index (χ0) is 13.9.